The summed E-state index contributed by atoms with van der Waals surface area (Å²) in [5.74, 6) is 1.02. The van der Waals surface area contributed by atoms with Crippen molar-refractivity contribution >= 4 is 0 Å². The summed E-state index contributed by atoms with van der Waals surface area (Å²) >= 11 is 0. The Morgan fingerprint density at radius 1 is 1.12 bits per heavy atom. The van der Waals surface area contributed by atoms with Gasteiger partial charge in [-0.15, -0.1) is 0 Å². The fourth-order valence-electron chi connectivity index (χ4n) is 3.39. The van der Waals surface area contributed by atoms with E-state index in [-0.39, 0.29) is 0 Å². The first-order valence-corrected chi connectivity index (χ1v) is 7.18. The molecular weight excluding hydrogens is 196 g/mol. The van der Waals surface area contributed by atoms with Crippen LogP contribution in [-0.4, -0.2) is 37.1 Å². The molecule has 94 valence electrons. The first-order valence-electron chi connectivity index (χ1n) is 7.18. The Morgan fingerprint density at radius 3 is 2.38 bits per heavy atom. The third-order valence-corrected chi connectivity index (χ3v) is 4.40. The molecule has 2 heteroatoms. The van der Waals surface area contributed by atoms with Gasteiger partial charge >= 0.3 is 0 Å². The van der Waals surface area contributed by atoms with Crippen molar-refractivity contribution < 1.29 is 0 Å². The average Bonchev–Trinajstić information content (AvgIpc) is 2.74. The van der Waals surface area contributed by atoms with Gasteiger partial charge < -0.3 is 10.2 Å². The molecule has 1 aliphatic carbocycles. The molecule has 0 radical (unpaired) electrons. The molecule has 1 N–H and O–H groups in total. The van der Waals surface area contributed by atoms with Crippen LogP contribution in [0.2, 0.25) is 0 Å². The summed E-state index contributed by atoms with van der Waals surface area (Å²) in [4.78, 5) is 2.44. The van der Waals surface area contributed by atoms with Crippen LogP contribution in [0, 0.1) is 5.92 Å². The molecule has 0 aromatic rings. The topological polar surface area (TPSA) is 15.3 Å². The molecule has 2 aliphatic rings. The summed E-state index contributed by atoms with van der Waals surface area (Å²) in [6, 6.07) is 1.52. The lowest BCUT2D eigenvalue weighted by Gasteiger charge is -2.32. The van der Waals surface area contributed by atoms with Crippen molar-refractivity contribution in [2.45, 2.75) is 64.0 Å². The first-order chi connectivity index (χ1) is 7.74. The van der Waals surface area contributed by atoms with E-state index in [1.165, 1.54) is 58.0 Å². The predicted octanol–water partition coefficient (Wildman–Crippen LogP) is 2.64. The molecule has 1 saturated heterocycles. The maximum Gasteiger partial charge on any atom is 0.00938 e. The zero-order chi connectivity index (χ0) is 11.4. The lowest BCUT2D eigenvalue weighted by molar-refractivity contribution is 0.220. The van der Waals surface area contributed by atoms with Gasteiger partial charge in [0.2, 0.25) is 0 Å². The molecule has 2 rings (SSSR count). The van der Waals surface area contributed by atoms with Crippen LogP contribution in [0.1, 0.15) is 51.9 Å². The molecule has 0 spiro atoms. The number of rotatable bonds is 4. The van der Waals surface area contributed by atoms with E-state index in [1.54, 1.807) is 0 Å². The van der Waals surface area contributed by atoms with Gasteiger partial charge in [0.25, 0.3) is 0 Å². The van der Waals surface area contributed by atoms with Gasteiger partial charge in [0.05, 0.1) is 0 Å². The number of hydrogen-bond donors (Lipinski definition) is 1. The second-order valence-corrected chi connectivity index (χ2v) is 6.03. The maximum atomic E-state index is 3.84. The van der Waals surface area contributed by atoms with Crippen LogP contribution in [0.25, 0.3) is 0 Å². The molecule has 0 aromatic carbocycles. The van der Waals surface area contributed by atoms with E-state index >= 15 is 0 Å². The molecule has 1 aliphatic heterocycles. The van der Waals surface area contributed by atoms with E-state index < -0.39 is 0 Å². The van der Waals surface area contributed by atoms with Gasteiger partial charge in [-0.3, -0.25) is 0 Å². The highest BCUT2D eigenvalue weighted by Gasteiger charge is 2.21. The standard InChI is InChI=1S/C14H28N2/c1-12(11-13-5-3-4-6-13)15-14-7-9-16(2)10-8-14/h12-15H,3-11H2,1-2H3. The third-order valence-electron chi connectivity index (χ3n) is 4.40. The lowest BCUT2D eigenvalue weighted by atomic mass is 9.97. The molecule has 16 heavy (non-hydrogen) atoms. The summed E-state index contributed by atoms with van der Waals surface area (Å²) in [7, 11) is 2.23. The summed E-state index contributed by atoms with van der Waals surface area (Å²) in [6.45, 7) is 4.93. The number of nitrogens with zero attached hydrogens (tertiary/aromatic N) is 1. The normalized spacial score (nSPS) is 27.4. The van der Waals surface area contributed by atoms with Gasteiger partial charge in [-0.1, -0.05) is 25.7 Å². The van der Waals surface area contributed by atoms with Crippen molar-refractivity contribution in [1.29, 1.82) is 0 Å². The number of nitrogens with one attached hydrogen (secondary N) is 1. The number of piperidine rings is 1. The van der Waals surface area contributed by atoms with Gasteiger partial charge in [0.1, 0.15) is 0 Å². The van der Waals surface area contributed by atoms with E-state index in [0.29, 0.717) is 0 Å². The summed E-state index contributed by atoms with van der Waals surface area (Å²) in [5.41, 5.74) is 0. The average molecular weight is 224 g/mol. The van der Waals surface area contributed by atoms with Crippen LogP contribution >= 0.6 is 0 Å². The molecule has 0 aromatic heterocycles. The van der Waals surface area contributed by atoms with Crippen molar-refractivity contribution in [2.24, 2.45) is 5.92 Å². The Labute approximate surface area is 101 Å². The summed E-state index contributed by atoms with van der Waals surface area (Å²) < 4.78 is 0. The van der Waals surface area contributed by atoms with E-state index in [1.807, 2.05) is 0 Å². The predicted molar refractivity (Wildman–Crippen MR) is 69.7 cm³/mol. The van der Waals surface area contributed by atoms with Gasteiger partial charge in [-0.05, 0) is 52.2 Å². The molecule has 2 nitrogen and oxygen atoms in total. The van der Waals surface area contributed by atoms with Gasteiger partial charge in [-0.25, -0.2) is 0 Å². The first kappa shape index (κ1) is 12.4. The minimum atomic E-state index is 0.733. The van der Waals surface area contributed by atoms with Crippen LogP contribution < -0.4 is 5.32 Å². The van der Waals surface area contributed by atoms with E-state index in [2.05, 4.69) is 24.2 Å². The van der Waals surface area contributed by atoms with Crippen molar-refractivity contribution in [3.8, 4) is 0 Å². The molecule has 1 saturated carbocycles. The van der Waals surface area contributed by atoms with E-state index in [0.717, 1.165) is 18.0 Å². The monoisotopic (exact) mass is 224 g/mol. The number of hydrogen-bond acceptors (Lipinski definition) is 2. The van der Waals surface area contributed by atoms with Crippen LogP contribution in [0.4, 0.5) is 0 Å². The minimum Gasteiger partial charge on any atom is -0.311 e. The van der Waals surface area contributed by atoms with Crippen molar-refractivity contribution in [3.63, 3.8) is 0 Å². The van der Waals surface area contributed by atoms with E-state index in [4.69, 9.17) is 0 Å². The highest BCUT2D eigenvalue weighted by Crippen LogP contribution is 2.28. The third kappa shape index (κ3) is 3.74. The zero-order valence-electron chi connectivity index (χ0n) is 11.0. The summed E-state index contributed by atoms with van der Waals surface area (Å²) in [5, 5.41) is 3.84. The van der Waals surface area contributed by atoms with Gasteiger partial charge in [0, 0.05) is 12.1 Å². The fourth-order valence-corrected chi connectivity index (χ4v) is 3.39. The maximum absolute atomic E-state index is 3.84. The van der Waals surface area contributed by atoms with Crippen molar-refractivity contribution in [3.05, 3.63) is 0 Å². The molecule has 1 atom stereocenters. The Morgan fingerprint density at radius 2 is 1.75 bits per heavy atom. The molecule has 1 unspecified atom stereocenters. The molecule has 0 bridgehead atoms. The lowest BCUT2D eigenvalue weighted by Crippen LogP contribution is -2.44. The largest absolute Gasteiger partial charge is 0.311 e. The minimum absolute atomic E-state index is 0.733. The van der Waals surface area contributed by atoms with Crippen LogP contribution in [-0.2, 0) is 0 Å². The quantitative estimate of drug-likeness (QED) is 0.790. The smallest absolute Gasteiger partial charge is 0.00938 e. The number of likely N-dealkylation sites (tertiary alicyclic amines) is 1. The zero-order valence-corrected chi connectivity index (χ0v) is 11.0. The highest BCUT2D eigenvalue weighted by molar-refractivity contribution is 4.80. The Bertz CT molecular complexity index is 191. The van der Waals surface area contributed by atoms with Gasteiger partial charge in [0.15, 0.2) is 0 Å². The van der Waals surface area contributed by atoms with Crippen molar-refractivity contribution in [2.75, 3.05) is 20.1 Å². The van der Waals surface area contributed by atoms with Gasteiger partial charge in [-0.2, -0.15) is 0 Å². The highest BCUT2D eigenvalue weighted by atomic mass is 15.1. The van der Waals surface area contributed by atoms with Crippen LogP contribution in [0.5, 0.6) is 0 Å². The van der Waals surface area contributed by atoms with Crippen LogP contribution in [0.15, 0.2) is 0 Å². The van der Waals surface area contributed by atoms with Crippen LogP contribution in [0.3, 0.4) is 0 Å². The second kappa shape index (κ2) is 6.02. The summed E-state index contributed by atoms with van der Waals surface area (Å²) in [6.07, 6.45) is 10.0. The molecule has 2 fully saturated rings. The van der Waals surface area contributed by atoms with Crippen molar-refractivity contribution in [1.82, 2.24) is 10.2 Å². The SMILES string of the molecule is CC(CC1CCCC1)NC1CCN(C)CC1. The molecule has 1 heterocycles. The Hall–Kier alpha value is -0.0800. The molecule has 0 amide bonds. The van der Waals surface area contributed by atoms with E-state index in [9.17, 15) is 0 Å². The Kier molecular flexibility index (Phi) is 4.66. The fraction of sp³-hybridized carbons (Fsp3) is 1.00. The second-order valence-electron chi connectivity index (χ2n) is 6.03. The Balaban J connectivity index is 1.64. The molecular formula is C14H28N2.